The number of hydrogen-bond donors (Lipinski definition) is 1. The van der Waals surface area contributed by atoms with Crippen molar-refractivity contribution in [1.82, 2.24) is 0 Å². The van der Waals surface area contributed by atoms with Crippen molar-refractivity contribution in [2.45, 2.75) is 19.3 Å². The van der Waals surface area contributed by atoms with E-state index in [4.69, 9.17) is 5.11 Å². The number of alkyl halides is 2. The van der Waals surface area contributed by atoms with Crippen molar-refractivity contribution < 1.29 is 18.7 Å². The third kappa shape index (κ3) is 3.15. The van der Waals surface area contributed by atoms with Gasteiger partial charge in [-0.2, -0.15) is 0 Å². The van der Waals surface area contributed by atoms with Crippen molar-refractivity contribution in [1.29, 1.82) is 0 Å². The first kappa shape index (κ1) is 12.4. The highest BCUT2D eigenvalue weighted by atomic mass is 19.3. The van der Waals surface area contributed by atoms with Crippen LogP contribution in [0.25, 0.3) is 6.08 Å². The molecule has 0 heterocycles. The molecule has 1 N–H and O–H groups in total. The van der Waals surface area contributed by atoms with Crippen LogP contribution in [0.5, 0.6) is 0 Å². The summed E-state index contributed by atoms with van der Waals surface area (Å²) in [6.45, 7) is 1.40. The standard InChI is InChI=1S/C12H12F2O2/c1-2-12(13,14)10-5-3-4-9(8-10)6-7-11(15)16/h3-8H,2H2,1H3,(H,15,16)/b7-6+. The summed E-state index contributed by atoms with van der Waals surface area (Å²) in [6.07, 6.45) is 1.93. The highest BCUT2D eigenvalue weighted by molar-refractivity contribution is 5.85. The number of benzene rings is 1. The molecule has 0 bridgehead atoms. The second-order valence-corrected chi connectivity index (χ2v) is 3.36. The van der Waals surface area contributed by atoms with Crippen molar-refractivity contribution in [2.75, 3.05) is 0 Å². The SMILES string of the molecule is CCC(F)(F)c1cccc(/C=C/C(=O)O)c1. The average Bonchev–Trinajstić information content (AvgIpc) is 2.27. The predicted octanol–water partition coefficient (Wildman–Crippen LogP) is 3.29. The molecule has 1 aromatic carbocycles. The van der Waals surface area contributed by atoms with Gasteiger partial charge in [0.1, 0.15) is 0 Å². The van der Waals surface area contributed by atoms with Crippen LogP contribution in [0.3, 0.4) is 0 Å². The summed E-state index contributed by atoms with van der Waals surface area (Å²) in [5.41, 5.74) is 0.357. The highest BCUT2D eigenvalue weighted by Gasteiger charge is 2.28. The topological polar surface area (TPSA) is 37.3 Å². The predicted molar refractivity (Wildman–Crippen MR) is 57.3 cm³/mol. The molecule has 0 spiro atoms. The fourth-order valence-corrected chi connectivity index (χ4v) is 1.24. The fraction of sp³-hybridized carbons (Fsp3) is 0.250. The first-order valence-electron chi connectivity index (χ1n) is 4.85. The zero-order chi connectivity index (χ0) is 12.2. The van der Waals surface area contributed by atoms with Gasteiger partial charge in [-0.1, -0.05) is 25.1 Å². The summed E-state index contributed by atoms with van der Waals surface area (Å²) in [5.74, 6) is -3.97. The van der Waals surface area contributed by atoms with Crippen LogP contribution in [0.15, 0.2) is 30.3 Å². The van der Waals surface area contributed by atoms with Gasteiger partial charge in [-0.3, -0.25) is 0 Å². The van der Waals surface area contributed by atoms with Crippen LogP contribution in [0.4, 0.5) is 8.78 Å². The minimum Gasteiger partial charge on any atom is -0.478 e. The first-order chi connectivity index (χ1) is 7.45. The van der Waals surface area contributed by atoms with Gasteiger partial charge in [0.2, 0.25) is 0 Å². The minimum atomic E-state index is -2.87. The molecule has 0 aliphatic heterocycles. The lowest BCUT2D eigenvalue weighted by molar-refractivity contribution is -0.131. The molecular weight excluding hydrogens is 214 g/mol. The Labute approximate surface area is 92.2 Å². The van der Waals surface area contributed by atoms with Gasteiger partial charge in [0.15, 0.2) is 0 Å². The van der Waals surface area contributed by atoms with Crippen LogP contribution in [-0.4, -0.2) is 11.1 Å². The summed E-state index contributed by atoms with van der Waals surface area (Å²) in [7, 11) is 0. The van der Waals surface area contributed by atoms with Crippen LogP contribution < -0.4 is 0 Å². The molecule has 2 nitrogen and oxygen atoms in total. The molecule has 0 radical (unpaired) electrons. The minimum absolute atomic E-state index is 0.0949. The molecule has 16 heavy (non-hydrogen) atoms. The Morgan fingerprint density at radius 1 is 1.50 bits per heavy atom. The van der Waals surface area contributed by atoms with Crippen LogP contribution in [0.2, 0.25) is 0 Å². The zero-order valence-electron chi connectivity index (χ0n) is 8.78. The van der Waals surface area contributed by atoms with Crippen LogP contribution >= 0.6 is 0 Å². The van der Waals surface area contributed by atoms with Crippen molar-refractivity contribution in [3.63, 3.8) is 0 Å². The molecule has 0 unspecified atom stereocenters. The van der Waals surface area contributed by atoms with E-state index in [1.807, 2.05) is 0 Å². The lowest BCUT2D eigenvalue weighted by Gasteiger charge is -2.14. The Morgan fingerprint density at radius 2 is 2.19 bits per heavy atom. The number of halogens is 2. The number of carboxylic acids is 1. The summed E-state index contributed by atoms with van der Waals surface area (Å²) in [5, 5.41) is 8.42. The van der Waals surface area contributed by atoms with Gasteiger partial charge in [-0.15, -0.1) is 0 Å². The summed E-state index contributed by atoms with van der Waals surface area (Å²) in [6, 6.07) is 5.69. The van der Waals surface area contributed by atoms with E-state index in [0.717, 1.165) is 6.08 Å². The number of hydrogen-bond acceptors (Lipinski definition) is 1. The smallest absolute Gasteiger partial charge is 0.328 e. The van der Waals surface area contributed by atoms with Crippen molar-refractivity contribution in [3.8, 4) is 0 Å². The quantitative estimate of drug-likeness (QED) is 0.800. The van der Waals surface area contributed by atoms with Gasteiger partial charge in [0, 0.05) is 18.1 Å². The molecule has 1 aromatic rings. The number of carbonyl (C=O) groups is 1. The molecule has 0 aliphatic rings. The molecule has 4 heteroatoms. The van der Waals surface area contributed by atoms with Crippen LogP contribution in [-0.2, 0) is 10.7 Å². The molecule has 0 saturated carbocycles. The monoisotopic (exact) mass is 226 g/mol. The van der Waals surface area contributed by atoms with Gasteiger partial charge in [-0.25, -0.2) is 13.6 Å². The molecule has 0 amide bonds. The third-order valence-corrected chi connectivity index (χ3v) is 2.17. The highest BCUT2D eigenvalue weighted by Crippen LogP contribution is 2.31. The van der Waals surface area contributed by atoms with Gasteiger partial charge < -0.3 is 5.11 Å². The van der Waals surface area contributed by atoms with Gasteiger partial charge in [0.05, 0.1) is 0 Å². The molecule has 0 aromatic heterocycles. The first-order valence-corrected chi connectivity index (χ1v) is 4.85. The molecule has 86 valence electrons. The van der Waals surface area contributed by atoms with Crippen LogP contribution in [0.1, 0.15) is 24.5 Å². The summed E-state index contributed by atoms with van der Waals surface area (Å²) in [4.78, 5) is 10.3. The van der Waals surface area contributed by atoms with E-state index in [0.29, 0.717) is 5.56 Å². The van der Waals surface area contributed by atoms with E-state index >= 15 is 0 Å². The van der Waals surface area contributed by atoms with Crippen molar-refractivity contribution in [3.05, 3.63) is 41.5 Å². The molecule has 0 atom stereocenters. The Balaban J connectivity index is 3.00. The summed E-state index contributed by atoms with van der Waals surface area (Å²) >= 11 is 0. The largest absolute Gasteiger partial charge is 0.478 e. The Bertz CT molecular complexity index is 411. The van der Waals surface area contributed by atoms with E-state index < -0.39 is 11.9 Å². The molecule has 0 aliphatic carbocycles. The van der Waals surface area contributed by atoms with Gasteiger partial charge >= 0.3 is 5.97 Å². The molecule has 1 rings (SSSR count). The van der Waals surface area contributed by atoms with E-state index in [1.165, 1.54) is 31.2 Å². The van der Waals surface area contributed by atoms with Crippen molar-refractivity contribution >= 4 is 12.0 Å². The Morgan fingerprint density at radius 3 is 2.75 bits per heavy atom. The van der Waals surface area contributed by atoms with Gasteiger partial charge in [0.25, 0.3) is 5.92 Å². The van der Waals surface area contributed by atoms with E-state index in [-0.39, 0.29) is 12.0 Å². The maximum Gasteiger partial charge on any atom is 0.328 e. The maximum absolute atomic E-state index is 13.3. The van der Waals surface area contributed by atoms with E-state index in [2.05, 4.69) is 0 Å². The zero-order valence-corrected chi connectivity index (χ0v) is 8.78. The average molecular weight is 226 g/mol. The van der Waals surface area contributed by atoms with E-state index in [1.54, 1.807) is 6.07 Å². The van der Waals surface area contributed by atoms with Crippen LogP contribution in [0, 0.1) is 0 Å². The second-order valence-electron chi connectivity index (χ2n) is 3.36. The number of aliphatic carboxylic acids is 1. The lowest BCUT2D eigenvalue weighted by atomic mass is 10.0. The van der Waals surface area contributed by atoms with E-state index in [9.17, 15) is 13.6 Å². The maximum atomic E-state index is 13.3. The van der Waals surface area contributed by atoms with Crippen molar-refractivity contribution in [2.24, 2.45) is 0 Å². The molecule has 0 fully saturated rings. The normalized spacial score (nSPS) is 11.9. The third-order valence-electron chi connectivity index (χ3n) is 2.17. The number of rotatable bonds is 4. The fourth-order valence-electron chi connectivity index (χ4n) is 1.24. The second kappa shape index (κ2) is 4.88. The Hall–Kier alpha value is -1.71. The van der Waals surface area contributed by atoms with Gasteiger partial charge in [-0.05, 0) is 17.7 Å². The Kier molecular flexibility index (Phi) is 3.77. The summed E-state index contributed by atoms with van der Waals surface area (Å²) < 4.78 is 26.6. The molecular formula is C12H12F2O2. The molecule has 0 saturated heterocycles. The number of carboxylic acid groups (broad SMARTS) is 1. The lowest BCUT2D eigenvalue weighted by Crippen LogP contribution is -2.11.